The van der Waals surface area contributed by atoms with Gasteiger partial charge in [-0.3, -0.25) is 4.98 Å². The van der Waals surface area contributed by atoms with Crippen molar-refractivity contribution in [1.82, 2.24) is 4.98 Å². The fraction of sp³-hybridized carbons (Fsp3) is 0.444. The van der Waals surface area contributed by atoms with Crippen LogP contribution in [0.15, 0.2) is 18.5 Å². The molecule has 0 fully saturated rings. The zero-order valence-electron chi connectivity index (χ0n) is 8.10. The van der Waals surface area contributed by atoms with E-state index in [-0.39, 0.29) is 12.6 Å². The highest BCUT2D eigenvalue weighted by Gasteiger charge is 2.06. The summed E-state index contributed by atoms with van der Waals surface area (Å²) in [7, 11) is 1.59. The minimum absolute atomic E-state index is 0.00262. The van der Waals surface area contributed by atoms with Crippen molar-refractivity contribution >= 4 is 11.4 Å². The summed E-state index contributed by atoms with van der Waals surface area (Å²) in [5, 5.41) is 12.0. The minimum atomic E-state index is -0.136. The highest BCUT2D eigenvalue weighted by Crippen LogP contribution is 2.10. The van der Waals surface area contributed by atoms with E-state index in [1.807, 2.05) is 0 Å². The zero-order valence-corrected chi connectivity index (χ0v) is 8.10. The summed E-state index contributed by atoms with van der Waals surface area (Å²) in [5.74, 6) is 0. The number of aromatic nitrogens is 1. The van der Waals surface area contributed by atoms with E-state index in [1.54, 1.807) is 25.6 Å². The zero-order chi connectivity index (χ0) is 10.4. The van der Waals surface area contributed by atoms with Gasteiger partial charge in [-0.15, -0.1) is 0 Å². The summed E-state index contributed by atoms with van der Waals surface area (Å²) in [6.45, 7) is 0.438. The Labute approximate surface area is 82.9 Å². The lowest BCUT2D eigenvalue weighted by atomic mass is 10.3. The van der Waals surface area contributed by atoms with E-state index in [0.717, 1.165) is 5.69 Å². The monoisotopic (exact) mass is 197 g/mol. The van der Waals surface area contributed by atoms with Crippen molar-refractivity contribution in [1.29, 1.82) is 0 Å². The van der Waals surface area contributed by atoms with E-state index < -0.39 is 0 Å². The highest BCUT2D eigenvalue weighted by molar-refractivity contribution is 5.51. The Morgan fingerprint density at radius 3 is 3.00 bits per heavy atom. The number of pyridine rings is 1. The van der Waals surface area contributed by atoms with Crippen LogP contribution in [-0.2, 0) is 4.74 Å². The second-order valence-electron chi connectivity index (χ2n) is 2.99. The summed E-state index contributed by atoms with van der Waals surface area (Å²) in [6.07, 6.45) is 3.21. The molecule has 5 heteroatoms. The van der Waals surface area contributed by atoms with E-state index in [1.165, 1.54) is 0 Å². The van der Waals surface area contributed by atoms with Gasteiger partial charge in [0.15, 0.2) is 0 Å². The van der Waals surface area contributed by atoms with Crippen LogP contribution in [-0.4, -0.2) is 36.5 Å². The molecule has 0 aliphatic rings. The summed E-state index contributed by atoms with van der Waals surface area (Å²) < 4.78 is 4.92. The van der Waals surface area contributed by atoms with Crippen LogP contribution in [0.5, 0.6) is 0 Å². The second-order valence-corrected chi connectivity index (χ2v) is 2.99. The molecule has 0 aromatic carbocycles. The van der Waals surface area contributed by atoms with Gasteiger partial charge in [-0.1, -0.05) is 0 Å². The van der Waals surface area contributed by atoms with Gasteiger partial charge in [0.2, 0.25) is 0 Å². The Bertz CT molecular complexity index is 281. The van der Waals surface area contributed by atoms with Crippen molar-refractivity contribution < 1.29 is 9.84 Å². The SMILES string of the molecule is COCC(CO)Nc1cncc(N)c1. The van der Waals surface area contributed by atoms with Crippen LogP contribution in [0.2, 0.25) is 0 Å². The predicted molar refractivity (Wildman–Crippen MR) is 55.0 cm³/mol. The second kappa shape index (κ2) is 5.41. The van der Waals surface area contributed by atoms with E-state index in [2.05, 4.69) is 10.3 Å². The molecule has 0 saturated carbocycles. The molecule has 0 aliphatic carbocycles. The Morgan fingerprint density at radius 2 is 2.43 bits per heavy atom. The summed E-state index contributed by atoms with van der Waals surface area (Å²) in [5.41, 5.74) is 6.92. The Morgan fingerprint density at radius 1 is 1.64 bits per heavy atom. The first-order valence-corrected chi connectivity index (χ1v) is 4.33. The normalized spacial score (nSPS) is 12.4. The van der Waals surface area contributed by atoms with Crippen molar-refractivity contribution in [3.05, 3.63) is 18.5 Å². The van der Waals surface area contributed by atoms with Crippen LogP contribution in [0, 0.1) is 0 Å². The standard InChI is InChI=1S/C9H15N3O2/c1-14-6-9(5-13)12-8-2-7(10)3-11-4-8/h2-4,9,12-13H,5-6,10H2,1H3. The van der Waals surface area contributed by atoms with Crippen LogP contribution in [0.25, 0.3) is 0 Å². The number of nitrogen functional groups attached to an aromatic ring is 1. The first kappa shape index (κ1) is 10.7. The van der Waals surface area contributed by atoms with E-state index in [0.29, 0.717) is 12.3 Å². The third-order valence-electron chi connectivity index (χ3n) is 1.72. The molecule has 0 bridgehead atoms. The molecule has 1 aromatic heterocycles. The van der Waals surface area contributed by atoms with E-state index in [4.69, 9.17) is 15.6 Å². The molecule has 0 radical (unpaired) electrons. The molecule has 5 nitrogen and oxygen atoms in total. The fourth-order valence-electron chi connectivity index (χ4n) is 1.11. The minimum Gasteiger partial charge on any atom is -0.397 e. The van der Waals surface area contributed by atoms with E-state index >= 15 is 0 Å². The lowest BCUT2D eigenvalue weighted by Crippen LogP contribution is -2.28. The maximum atomic E-state index is 8.99. The maximum Gasteiger partial charge on any atom is 0.0726 e. The van der Waals surface area contributed by atoms with Crippen molar-refractivity contribution in [2.24, 2.45) is 0 Å². The number of anilines is 2. The quantitative estimate of drug-likeness (QED) is 0.623. The van der Waals surface area contributed by atoms with Gasteiger partial charge in [0, 0.05) is 13.3 Å². The van der Waals surface area contributed by atoms with Gasteiger partial charge in [0.05, 0.1) is 36.8 Å². The fourth-order valence-corrected chi connectivity index (χ4v) is 1.11. The Balaban J connectivity index is 2.57. The van der Waals surface area contributed by atoms with Gasteiger partial charge in [-0.05, 0) is 6.07 Å². The van der Waals surface area contributed by atoms with Crippen LogP contribution in [0.4, 0.5) is 11.4 Å². The van der Waals surface area contributed by atoms with Gasteiger partial charge in [-0.25, -0.2) is 0 Å². The molecule has 0 aliphatic heterocycles. The Kier molecular flexibility index (Phi) is 4.15. The van der Waals surface area contributed by atoms with E-state index in [9.17, 15) is 0 Å². The number of nitrogens with one attached hydrogen (secondary N) is 1. The lowest BCUT2D eigenvalue weighted by Gasteiger charge is -2.16. The van der Waals surface area contributed by atoms with Crippen LogP contribution in [0.3, 0.4) is 0 Å². The van der Waals surface area contributed by atoms with Crippen molar-refractivity contribution in [2.45, 2.75) is 6.04 Å². The summed E-state index contributed by atoms with van der Waals surface area (Å²) in [4.78, 5) is 3.92. The number of nitrogens with zero attached hydrogens (tertiary/aromatic N) is 1. The average Bonchev–Trinajstić information content (AvgIpc) is 2.17. The smallest absolute Gasteiger partial charge is 0.0726 e. The first-order valence-electron chi connectivity index (χ1n) is 4.33. The topological polar surface area (TPSA) is 80.4 Å². The molecule has 1 atom stereocenters. The van der Waals surface area contributed by atoms with Crippen molar-refractivity contribution in [3.63, 3.8) is 0 Å². The molecule has 0 saturated heterocycles. The third-order valence-corrected chi connectivity index (χ3v) is 1.72. The highest BCUT2D eigenvalue weighted by atomic mass is 16.5. The van der Waals surface area contributed by atoms with Crippen LogP contribution < -0.4 is 11.1 Å². The van der Waals surface area contributed by atoms with Crippen LogP contribution in [0.1, 0.15) is 0 Å². The third kappa shape index (κ3) is 3.20. The molecular formula is C9H15N3O2. The number of aliphatic hydroxyl groups is 1. The number of aliphatic hydroxyl groups excluding tert-OH is 1. The molecule has 1 heterocycles. The summed E-state index contributed by atoms with van der Waals surface area (Å²) >= 11 is 0. The predicted octanol–water partition coefficient (Wildman–Crippen LogP) is 0.0830. The maximum absolute atomic E-state index is 8.99. The average molecular weight is 197 g/mol. The number of hydrogen-bond donors (Lipinski definition) is 3. The number of nitrogens with two attached hydrogens (primary N) is 1. The van der Waals surface area contributed by atoms with Gasteiger partial charge in [0.1, 0.15) is 0 Å². The largest absolute Gasteiger partial charge is 0.397 e. The first-order chi connectivity index (χ1) is 6.76. The van der Waals surface area contributed by atoms with Gasteiger partial charge < -0.3 is 20.9 Å². The molecule has 78 valence electrons. The number of ether oxygens (including phenoxy) is 1. The molecule has 1 rings (SSSR count). The lowest BCUT2D eigenvalue weighted by molar-refractivity contribution is 0.153. The molecule has 1 unspecified atom stereocenters. The molecule has 0 amide bonds. The van der Waals surface area contributed by atoms with Gasteiger partial charge in [-0.2, -0.15) is 0 Å². The Hall–Kier alpha value is -1.33. The van der Waals surface area contributed by atoms with Gasteiger partial charge >= 0.3 is 0 Å². The van der Waals surface area contributed by atoms with Crippen LogP contribution >= 0.6 is 0 Å². The van der Waals surface area contributed by atoms with Gasteiger partial charge in [0.25, 0.3) is 0 Å². The molecule has 4 N–H and O–H groups in total. The number of methoxy groups -OCH3 is 1. The molecular weight excluding hydrogens is 182 g/mol. The number of hydrogen-bond acceptors (Lipinski definition) is 5. The molecule has 1 aromatic rings. The summed E-state index contributed by atoms with van der Waals surface area (Å²) in [6, 6.07) is 1.62. The van der Waals surface area contributed by atoms with Crippen molar-refractivity contribution in [2.75, 3.05) is 31.4 Å². The van der Waals surface area contributed by atoms with Crippen molar-refractivity contribution in [3.8, 4) is 0 Å². The molecule has 0 spiro atoms. The number of rotatable bonds is 5. The molecule has 14 heavy (non-hydrogen) atoms.